The zero-order valence-corrected chi connectivity index (χ0v) is 11.7. The third kappa shape index (κ3) is 3.34. The van der Waals surface area contributed by atoms with Crippen LogP contribution in [-0.2, 0) is 24.8 Å². The standard InChI is InChI=1S/C12H10FN2O3S2/c13-9-2-1-3-10(8-9)15-20(17,18)12-6-4-11(5-7-12)19(14)16/h1-8,14-15H/q-1. The van der Waals surface area contributed by atoms with Crippen molar-refractivity contribution in [2.24, 2.45) is 0 Å². The molecular weight excluding hydrogens is 303 g/mol. The van der Waals surface area contributed by atoms with Gasteiger partial charge in [0.25, 0.3) is 10.0 Å². The zero-order valence-electron chi connectivity index (χ0n) is 10.0. The van der Waals surface area contributed by atoms with Gasteiger partial charge in [-0.25, -0.2) is 12.8 Å². The van der Waals surface area contributed by atoms with Crippen molar-refractivity contribution in [2.75, 3.05) is 4.72 Å². The van der Waals surface area contributed by atoms with Gasteiger partial charge in [0.15, 0.2) is 0 Å². The Morgan fingerprint density at radius 3 is 2.30 bits per heavy atom. The molecule has 106 valence electrons. The van der Waals surface area contributed by atoms with Crippen LogP contribution in [0.4, 0.5) is 10.1 Å². The average Bonchev–Trinajstić information content (AvgIpc) is 2.38. The molecule has 0 aliphatic heterocycles. The molecule has 0 unspecified atom stereocenters. The second-order valence-corrected chi connectivity index (χ2v) is 6.55. The second kappa shape index (κ2) is 5.59. The van der Waals surface area contributed by atoms with Crippen LogP contribution in [0.5, 0.6) is 0 Å². The van der Waals surface area contributed by atoms with E-state index in [2.05, 4.69) is 4.72 Å². The topological polar surface area (TPSA) is 87.1 Å². The number of anilines is 1. The van der Waals surface area contributed by atoms with Crippen molar-refractivity contribution in [3.63, 3.8) is 0 Å². The highest BCUT2D eigenvalue weighted by Crippen LogP contribution is 2.17. The van der Waals surface area contributed by atoms with Crippen LogP contribution in [0.15, 0.2) is 58.3 Å². The van der Waals surface area contributed by atoms with Crippen LogP contribution < -0.4 is 4.72 Å². The lowest BCUT2D eigenvalue weighted by atomic mass is 10.3. The summed E-state index contributed by atoms with van der Waals surface area (Å²) in [6, 6.07) is 10.1. The number of halogens is 1. The molecule has 0 radical (unpaired) electrons. The number of nitrogens with one attached hydrogen (secondary N) is 2. The van der Waals surface area contributed by atoms with Crippen LogP contribution in [0.1, 0.15) is 0 Å². The van der Waals surface area contributed by atoms with E-state index in [-0.39, 0.29) is 15.5 Å². The molecule has 2 aromatic carbocycles. The van der Waals surface area contributed by atoms with Crippen LogP contribution in [0.3, 0.4) is 0 Å². The molecule has 0 saturated heterocycles. The monoisotopic (exact) mass is 313 g/mol. The maximum Gasteiger partial charge on any atom is 0.261 e. The van der Waals surface area contributed by atoms with Crippen LogP contribution in [0.2, 0.25) is 0 Å². The van der Waals surface area contributed by atoms with E-state index in [9.17, 15) is 17.0 Å². The summed E-state index contributed by atoms with van der Waals surface area (Å²) in [6.07, 6.45) is 0. The highest BCUT2D eigenvalue weighted by molar-refractivity contribution is 7.92. The smallest absolute Gasteiger partial charge is 0.261 e. The van der Waals surface area contributed by atoms with E-state index in [4.69, 9.17) is 4.78 Å². The molecule has 0 heterocycles. The molecule has 0 saturated carbocycles. The minimum atomic E-state index is -3.85. The van der Waals surface area contributed by atoms with Gasteiger partial charge >= 0.3 is 0 Å². The summed E-state index contributed by atoms with van der Waals surface area (Å²) >= 11 is 0. The van der Waals surface area contributed by atoms with Crippen molar-refractivity contribution in [3.8, 4) is 0 Å². The number of benzene rings is 2. The second-order valence-electron chi connectivity index (χ2n) is 3.86. The molecule has 0 atom stereocenters. The van der Waals surface area contributed by atoms with Crippen LogP contribution in [-0.4, -0.2) is 8.42 Å². The third-order valence-electron chi connectivity index (χ3n) is 2.42. The molecule has 0 aliphatic rings. The maximum absolute atomic E-state index is 13.0. The Morgan fingerprint density at radius 1 is 1.10 bits per heavy atom. The highest BCUT2D eigenvalue weighted by atomic mass is 32.2. The first-order valence-electron chi connectivity index (χ1n) is 5.40. The minimum absolute atomic E-state index is 0.0593. The Kier molecular flexibility index (Phi) is 4.05. The first-order chi connectivity index (χ1) is 9.38. The lowest BCUT2D eigenvalue weighted by molar-refractivity contribution is 0.597. The van der Waals surface area contributed by atoms with Gasteiger partial charge in [-0.15, -0.1) is 0 Å². The molecular formula is C12H10FN2O3S2-. The van der Waals surface area contributed by atoms with E-state index in [1.807, 2.05) is 0 Å². The van der Waals surface area contributed by atoms with E-state index in [1.54, 1.807) is 0 Å². The molecule has 20 heavy (non-hydrogen) atoms. The van der Waals surface area contributed by atoms with Crippen LogP contribution in [0.25, 0.3) is 0 Å². The maximum atomic E-state index is 13.0. The summed E-state index contributed by atoms with van der Waals surface area (Å²) in [7, 11) is -5.77. The first kappa shape index (κ1) is 14.5. The van der Waals surface area contributed by atoms with Crippen molar-refractivity contribution in [1.82, 2.24) is 0 Å². The summed E-state index contributed by atoms with van der Waals surface area (Å²) in [5.74, 6) is -0.551. The van der Waals surface area contributed by atoms with E-state index in [0.717, 1.165) is 6.07 Å². The molecule has 2 rings (SSSR count). The predicted molar refractivity (Wildman–Crippen MR) is 72.7 cm³/mol. The molecule has 0 spiro atoms. The summed E-state index contributed by atoms with van der Waals surface area (Å²) in [5.41, 5.74) is 0.109. The predicted octanol–water partition coefficient (Wildman–Crippen LogP) is 2.71. The fourth-order valence-electron chi connectivity index (χ4n) is 1.51. The Balaban J connectivity index is 2.30. The average molecular weight is 313 g/mol. The molecule has 5 nitrogen and oxygen atoms in total. The van der Waals surface area contributed by atoms with Crippen molar-refractivity contribution >= 4 is 26.3 Å². The molecule has 0 aromatic heterocycles. The van der Waals surface area contributed by atoms with Crippen molar-refractivity contribution in [2.45, 2.75) is 9.79 Å². The quantitative estimate of drug-likeness (QED) is 0.851. The summed E-state index contributed by atoms with van der Waals surface area (Å²) in [5, 5.41) is 0. The zero-order chi connectivity index (χ0) is 14.8. The van der Waals surface area contributed by atoms with Gasteiger partial charge in [0, 0.05) is 0 Å². The van der Waals surface area contributed by atoms with Gasteiger partial charge in [0.1, 0.15) is 5.82 Å². The normalized spacial score (nSPS) is 11.5. The third-order valence-corrected chi connectivity index (χ3v) is 4.52. The van der Waals surface area contributed by atoms with Gasteiger partial charge in [0.2, 0.25) is 0 Å². The molecule has 0 amide bonds. The van der Waals surface area contributed by atoms with Crippen molar-refractivity contribution in [3.05, 3.63) is 54.3 Å². The van der Waals surface area contributed by atoms with Crippen molar-refractivity contribution in [1.29, 1.82) is 4.78 Å². The Morgan fingerprint density at radius 2 is 1.75 bits per heavy atom. The molecule has 0 aliphatic carbocycles. The lowest BCUT2D eigenvalue weighted by Crippen LogP contribution is -2.12. The SMILES string of the molecule is N=[S-](=O)c1ccc(S(=O)(=O)Nc2cccc(F)c2)cc1. The van der Waals surface area contributed by atoms with Crippen molar-refractivity contribution < 1.29 is 17.0 Å². The molecule has 0 fully saturated rings. The molecule has 0 bridgehead atoms. The first-order valence-corrected chi connectivity index (χ1v) is 8.03. The lowest BCUT2D eigenvalue weighted by Gasteiger charge is -2.09. The van der Waals surface area contributed by atoms with Gasteiger partial charge in [-0.05, 0) is 30.3 Å². The minimum Gasteiger partial charge on any atom is -0.440 e. The summed E-state index contributed by atoms with van der Waals surface area (Å²) in [4.78, 5) is 0.144. The van der Waals surface area contributed by atoms with Gasteiger partial charge < -0.3 is 8.99 Å². The van der Waals surface area contributed by atoms with Gasteiger partial charge in [-0.1, -0.05) is 23.1 Å². The molecule has 2 N–H and O–H groups in total. The Hall–Kier alpha value is -1.93. The summed E-state index contributed by atoms with van der Waals surface area (Å²) in [6.45, 7) is 0. The van der Waals surface area contributed by atoms with E-state index in [1.165, 1.54) is 42.5 Å². The fraction of sp³-hybridized carbons (Fsp3) is 0. The summed E-state index contributed by atoms with van der Waals surface area (Å²) < 4.78 is 57.2. The van der Waals surface area contributed by atoms with Gasteiger partial charge in [-0.2, -0.15) is 10.6 Å². The molecule has 8 heteroatoms. The van der Waals surface area contributed by atoms with E-state index in [0.29, 0.717) is 0 Å². The van der Waals surface area contributed by atoms with Gasteiger partial charge in [0.05, 0.1) is 10.6 Å². The number of sulfonamides is 1. The van der Waals surface area contributed by atoms with Crippen LogP contribution in [0, 0.1) is 10.6 Å². The fourth-order valence-corrected chi connectivity index (χ4v) is 2.94. The number of rotatable bonds is 4. The van der Waals surface area contributed by atoms with Gasteiger partial charge in [-0.3, -0.25) is 4.72 Å². The Labute approximate surface area is 117 Å². The number of hydrogen-bond acceptors (Lipinski definition) is 5. The highest BCUT2D eigenvalue weighted by Gasteiger charge is 2.13. The largest absolute Gasteiger partial charge is 0.440 e. The van der Waals surface area contributed by atoms with E-state index >= 15 is 0 Å². The Bertz CT molecular complexity index is 792. The van der Waals surface area contributed by atoms with E-state index < -0.39 is 26.4 Å². The van der Waals surface area contributed by atoms with Crippen LogP contribution >= 0.6 is 0 Å². The number of hydrogen-bond donors (Lipinski definition) is 2. The molecule has 2 aromatic rings.